The van der Waals surface area contributed by atoms with E-state index in [4.69, 9.17) is 11.6 Å². The van der Waals surface area contributed by atoms with Gasteiger partial charge in [-0.3, -0.25) is 4.79 Å². The molecule has 0 N–H and O–H groups in total. The van der Waals surface area contributed by atoms with Crippen molar-refractivity contribution in [1.29, 1.82) is 0 Å². The van der Waals surface area contributed by atoms with Crippen LogP contribution in [0.1, 0.15) is 5.56 Å². The summed E-state index contributed by atoms with van der Waals surface area (Å²) in [5.41, 5.74) is -0.0803. The Bertz CT molecular complexity index is 366. The fourth-order valence-electron chi connectivity index (χ4n) is 1.02. The lowest BCUT2D eigenvalue weighted by molar-refractivity contribution is -0.111. The van der Waals surface area contributed by atoms with E-state index in [0.29, 0.717) is 0 Å². The van der Waals surface area contributed by atoms with Gasteiger partial charge in [0.25, 0.3) is 0 Å². The zero-order valence-corrected chi connectivity index (χ0v) is 8.07. The monoisotopic (exact) mass is 220 g/mol. The van der Waals surface area contributed by atoms with Crippen molar-refractivity contribution in [2.75, 3.05) is 7.11 Å². The van der Waals surface area contributed by atoms with Crippen LogP contribution in [0.5, 0.6) is 5.75 Å². The minimum absolute atomic E-state index is 0.0803. The van der Waals surface area contributed by atoms with E-state index in [0.717, 1.165) is 0 Å². The van der Waals surface area contributed by atoms with E-state index >= 15 is 0 Å². The third kappa shape index (κ3) is 2.20. The maximum absolute atomic E-state index is 13.1. The van der Waals surface area contributed by atoms with Crippen molar-refractivity contribution in [1.82, 2.24) is 0 Å². The maximum atomic E-state index is 13.1. The summed E-state index contributed by atoms with van der Waals surface area (Å²) >= 11 is 5.05. The number of benzene rings is 1. The molecule has 76 valence electrons. The van der Waals surface area contributed by atoms with E-state index in [1.165, 1.54) is 19.2 Å². The van der Waals surface area contributed by atoms with Gasteiger partial charge in [-0.25, -0.2) is 4.39 Å². The summed E-state index contributed by atoms with van der Waals surface area (Å²) in [4.78, 5) is 10.5. The summed E-state index contributed by atoms with van der Waals surface area (Å²) in [5.74, 6) is -2.41. The molecule has 2 nitrogen and oxygen atoms in total. The Kier molecular flexibility index (Phi) is 3.41. The first kappa shape index (κ1) is 10.9. The number of ether oxygens (including phenoxy) is 1. The molecule has 1 rings (SSSR count). The van der Waals surface area contributed by atoms with Gasteiger partial charge in [0.1, 0.15) is 0 Å². The molecule has 1 aromatic rings. The van der Waals surface area contributed by atoms with Gasteiger partial charge < -0.3 is 4.74 Å². The molecule has 14 heavy (non-hydrogen) atoms. The second-order valence-corrected chi connectivity index (χ2v) is 3.01. The van der Waals surface area contributed by atoms with E-state index in [-0.39, 0.29) is 17.7 Å². The Morgan fingerprint density at radius 2 is 2.07 bits per heavy atom. The van der Waals surface area contributed by atoms with E-state index in [1.807, 2.05) is 0 Å². The van der Waals surface area contributed by atoms with Crippen molar-refractivity contribution in [2.24, 2.45) is 0 Å². The number of hydrogen-bond donors (Lipinski definition) is 0. The van der Waals surface area contributed by atoms with Gasteiger partial charge in [0.2, 0.25) is 11.1 Å². The standard InChI is InChI=1S/C9H7ClF2O2/c1-14-6-3-2-5(4-7(10)13)8(11)9(6)12/h2-3H,4H2,1H3. The SMILES string of the molecule is COc1ccc(CC(=O)Cl)c(F)c1F. The predicted octanol–water partition coefficient (Wildman–Crippen LogP) is 2.28. The fraction of sp³-hybridized carbons (Fsp3) is 0.222. The summed E-state index contributed by atoms with van der Waals surface area (Å²) in [6.45, 7) is 0. The van der Waals surface area contributed by atoms with Gasteiger partial charge in [-0.15, -0.1) is 0 Å². The smallest absolute Gasteiger partial charge is 0.226 e. The molecule has 0 spiro atoms. The van der Waals surface area contributed by atoms with Gasteiger partial charge in [-0.2, -0.15) is 4.39 Å². The molecule has 0 saturated heterocycles. The predicted molar refractivity (Wildman–Crippen MR) is 47.5 cm³/mol. The minimum Gasteiger partial charge on any atom is -0.494 e. The highest BCUT2D eigenvalue weighted by Gasteiger charge is 2.15. The van der Waals surface area contributed by atoms with E-state index in [2.05, 4.69) is 4.74 Å². The van der Waals surface area contributed by atoms with Gasteiger partial charge >= 0.3 is 0 Å². The first-order chi connectivity index (χ1) is 6.56. The number of carbonyl (C=O) groups is 1. The van der Waals surface area contributed by atoms with Gasteiger partial charge in [0, 0.05) is 6.42 Å². The van der Waals surface area contributed by atoms with Crippen LogP contribution in [0.25, 0.3) is 0 Å². The highest BCUT2D eigenvalue weighted by Crippen LogP contribution is 2.22. The second-order valence-electron chi connectivity index (χ2n) is 2.59. The second kappa shape index (κ2) is 4.37. The Balaban J connectivity index is 3.10. The maximum Gasteiger partial charge on any atom is 0.226 e. The van der Waals surface area contributed by atoms with E-state index < -0.39 is 16.9 Å². The minimum atomic E-state index is -1.11. The van der Waals surface area contributed by atoms with Gasteiger partial charge in [0.05, 0.1) is 7.11 Å². The number of hydrogen-bond acceptors (Lipinski definition) is 2. The van der Waals surface area contributed by atoms with E-state index in [1.54, 1.807) is 0 Å². The molecule has 5 heteroatoms. The van der Waals surface area contributed by atoms with Crippen LogP contribution in [0, 0.1) is 11.6 Å². The first-order valence-corrected chi connectivity index (χ1v) is 4.13. The molecule has 1 aromatic carbocycles. The van der Waals surface area contributed by atoms with Crippen molar-refractivity contribution in [3.63, 3.8) is 0 Å². The Hall–Kier alpha value is -1.16. The van der Waals surface area contributed by atoms with Crippen LogP contribution in [0.15, 0.2) is 12.1 Å². The van der Waals surface area contributed by atoms with Crippen LogP contribution >= 0.6 is 11.6 Å². The number of rotatable bonds is 3. The summed E-state index contributed by atoms with van der Waals surface area (Å²) < 4.78 is 30.8. The fourth-order valence-corrected chi connectivity index (χ4v) is 1.16. The third-order valence-electron chi connectivity index (χ3n) is 1.68. The average molecular weight is 221 g/mol. The van der Waals surface area contributed by atoms with Crippen molar-refractivity contribution < 1.29 is 18.3 Å². The zero-order chi connectivity index (χ0) is 10.7. The lowest BCUT2D eigenvalue weighted by atomic mass is 10.1. The first-order valence-electron chi connectivity index (χ1n) is 3.75. The molecular formula is C9H7ClF2O2. The van der Waals surface area contributed by atoms with Gasteiger partial charge in [-0.1, -0.05) is 6.07 Å². The highest BCUT2D eigenvalue weighted by atomic mass is 35.5. The molecular weight excluding hydrogens is 214 g/mol. The van der Waals surface area contributed by atoms with Gasteiger partial charge in [0.15, 0.2) is 11.6 Å². The van der Waals surface area contributed by atoms with Crippen LogP contribution in [-0.2, 0) is 11.2 Å². The molecule has 0 bridgehead atoms. The molecule has 0 saturated carbocycles. The molecule has 0 aliphatic heterocycles. The quantitative estimate of drug-likeness (QED) is 0.731. The van der Waals surface area contributed by atoms with Crippen LogP contribution < -0.4 is 4.74 Å². The Morgan fingerprint density at radius 3 is 2.57 bits per heavy atom. The summed E-state index contributed by atoms with van der Waals surface area (Å²) in [6, 6.07) is 2.51. The largest absolute Gasteiger partial charge is 0.494 e. The van der Waals surface area contributed by atoms with Crippen molar-refractivity contribution >= 4 is 16.8 Å². The molecule has 0 aromatic heterocycles. The summed E-state index contributed by atoms with van der Waals surface area (Å²) in [6.07, 6.45) is -0.339. The molecule has 0 atom stereocenters. The Labute approximate surface area is 84.4 Å². The molecule has 0 heterocycles. The number of halogens is 3. The number of methoxy groups -OCH3 is 1. The van der Waals surface area contributed by atoms with Gasteiger partial charge in [-0.05, 0) is 23.2 Å². The lowest BCUT2D eigenvalue weighted by Gasteiger charge is -2.05. The molecule has 0 radical (unpaired) electrons. The summed E-state index contributed by atoms with van der Waals surface area (Å²) in [7, 11) is 1.23. The molecule has 0 amide bonds. The van der Waals surface area contributed by atoms with Crippen LogP contribution in [0.4, 0.5) is 8.78 Å². The average Bonchev–Trinajstić information content (AvgIpc) is 2.13. The Morgan fingerprint density at radius 1 is 1.43 bits per heavy atom. The third-order valence-corrected chi connectivity index (χ3v) is 1.81. The van der Waals surface area contributed by atoms with Crippen molar-refractivity contribution in [3.05, 3.63) is 29.3 Å². The topological polar surface area (TPSA) is 26.3 Å². The normalized spacial score (nSPS) is 10.0. The number of carbonyl (C=O) groups excluding carboxylic acids is 1. The highest BCUT2D eigenvalue weighted by molar-refractivity contribution is 6.63. The zero-order valence-electron chi connectivity index (χ0n) is 7.31. The van der Waals surface area contributed by atoms with E-state index in [9.17, 15) is 13.6 Å². The van der Waals surface area contributed by atoms with Crippen molar-refractivity contribution in [2.45, 2.75) is 6.42 Å². The molecule has 0 aliphatic carbocycles. The van der Waals surface area contributed by atoms with Crippen LogP contribution in [0.3, 0.4) is 0 Å². The molecule has 0 aliphatic rings. The lowest BCUT2D eigenvalue weighted by Crippen LogP contribution is -2.01. The summed E-state index contributed by atoms with van der Waals surface area (Å²) in [5, 5.41) is -0.742. The molecule has 0 fully saturated rings. The van der Waals surface area contributed by atoms with Crippen molar-refractivity contribution in [3.8, 4) is 5.75 Å². The molecule has 0 unspecified atom stereocenters. The van der Waals surface area contributed by atoms with Crippen LogP contribution in [-0.4, -0.2) is 12.4 Å². The van der Waals surface area contributed by atoms with Crippen LogP contribution in [0.2, 0.25) is 0 Å².